The first kappa shape index (κ1) is 15.7. The number of ether oxygens (including phenoxy) is 2. The minimum Gasteiger partial charge on any atom is -0.493 e. The smallest absolute Gasteiger partial charge is 0.258 e. The highest BCUT2D eigenvalue weighted by Crippen LogP contribution is 2.33. The van der Waals surface area contributed by atoms with Crippen molar-refractivity contribution < 1.29 is 14.3 Å². The summed E-state index contributed by atoms with van der Waals surface area (Å²) in [6.07, 6.45) is 0.712. The monoisotopic (exact) mass is 331 g/mol. The molecule has 0 saturated heterocycles. The summed E-state index contributed by atoms with van der Waals surface area (Å²) in [4.78, 5) is 12.1. The molecule has 1 aliphatic heterocycles. The molecule has 1 heterocycles. The number of amides is 1. The first-order chi connectivity index (χ1) is 11.1. The molecule has 1 amide bonds. The van der Waals surface area contributed by atoms with E-state index in [-0.39, 0.29) is 18.6 Å². The maximum atomic E-state index is 12.1. The standard InChI is InChI=1S/C18H18ClNO3/c1-12-2-5-14(6-3-12)23-11-18(21)20-16-8-9-22-17-7-4-13(19)10-15(16)17/h2-7,10,16H,8-9,11H2,1H3,(H,20,21). The topological polar surface area (TPSA) is 47.6 Å². The quantitative estimate of drug-likeness (QED) is 0.930. The van der Waals surface area contributed by atoms with Crippen molar-refractivity contribution in [3.63, 3.8) is 0 Å². The lowest BCUT2D eigenvalue weighted by atomic mass is 10.0. The molecule has 2 aromatic rings. The van der Waals surface area contributed by atoms with Gasteiger partial charge < -0.3 is 14.8 Å². The van der Waals surface area contributed by atoms with Crippen molar-refractivity contribution in [3.8, 4) is 11.5 Å². The Bertz CT molecular complexity index is 700. The molecule has 4 nitrogen and oxygen atoms in total. The number of carbonyl (C=O) groups is 1. The minimum atomic E-state index is -0.164. The van der Waals surface area contributed by atoms with Gasteiger partial charge in [0.2, 0.25) is 0 Å². The Morgan fingerprint density at radius 2 is 2.09 bits per heavy atom. The van der Waals surface area contributed by atoms with Crippen LogP contribution in [0.1, 0.15) is 23.6 Å². The highest BCUT2D eigenvalue weighted by molar-refractivity contribution is 6.30. The van der Waals surface area contributed by atoms with Crippen LogP contribution < -0.4 is 14.8 Å². The maximum absolute atomic E-state index is 12.1. The molecule has 0 aromatic heterocycles. The summed E-state index contributed by atoms with van der Waals surface area (Å²) in [6.45, 7) is 2.55. The van der Waals surface area contributed by atoms with E-state index in [2.05, 4.69) is 5.32 Å². The predicted molar refractivity (Wildman–Crippen MR) is 89.1 cm³/mol. The van der Waals surface area contributed by atoms with E-state index >= 15 is 0 Å². The van der Waals surface area contributed by atoms with Gasteiger partial charge in [-0.1, -0.05) is 29.3 Å². The highest BCUT2D eigenvalue weighted by atomic mass is 35.5. The third-order valence-electron chi connectivity index (χ3n) is 3.74. The second-order valence-corrected chi connectivity index (χ2v) is 5.98. The second-order valence-electron chi connectivity index (χ2n) is 5.54. The molecule has 2 aromatic carbocycles. The van der Waals surface area contributed by atoms with E-state index in [9.17, 15) is 4.79 Å². The first-order valence-corrected chi connectivity index (χ1v) is 7.91. The van der Waals surface area contributed by atoms with Crippen molar-refractivity contribution in [2.45, 2.75) is 19.4 Å². The van der Waals surface area contributed by atoms with Crippen LogP contribution in [-0.2, 0) is 4.79 Å². The molecule has 0 radical (unpaired) electrons. The van der Waals surface area contributed by atoms with Gasteiger partial charge in [-0.2, -0.15) is 0 Å². The number of fused-ring (bicyclic) bond motifs is 1. The van der Waals surface area contributed by atoms with Gasteiger partial charge >= 0.3 is 0 Å². The molecule has 0 fully saturated rings. The average Bonchev–Trinajstić information content (AvgIpc) is 2.55. The molecule has 0 spiro atoms. The number of carbonyl (C=O) groups excluding carboxylic acids is 1. The summed E-state index contributed by atoms with van der Waals surface area (Å²) in [5, 5.41) is 3.61. The van der Waals surface area contributed by atoms with Crippen LogP contribution in [-0.4, -0.2) is 19.1 Å². The third-order valence-corrected chi connectivity index (χ3v) is 3.97. The Labute approximate surface area is 140 Å². The SMILES string of the molecule is Cc1ccc(OCC(=O)NC2CCOc3ccc(Cl)cc32)cc1. The molecule has 0 bridgehead atoms. The van der Waals surface area contributed by atoms with Crippen LogP contribution in [0.5, 0.6) is 11.5 Å². The van der Waals surface area contributed by atoms with Crippen molar-refractivity contribution >= 4 is 17.5 Å². The fourth-order valence-electron chi connectivity index (χ4n) is 2.53. The number of hydrogen-bond donors (Lipinski definition) is 1. The number of aryl methyl sites for hydroxylation is 1. The Morgan fingerprint density at radius 3 is 2.87 bits per heavy atom. The van der Waals surface area contributed by atoms with Crippen LogP contribution in [0.15, 0.2) is 42.5 Å². The average molecular weight is 332 g/mol. The number of nitrogens with one attached hydrogen (secondary N) is 1. The van der Waals surface area contributed by atoms with Gasteiger partial charge in [0, 0.05) is 17.0 Å². The second kappa shape index (κ2) is 6.92. The van der Waals surface area contributed by atoms with E-state index in [0.29, 0.717) is 23.8 Å². The van der Waals surface area contributed by atoms with Crippen molar-refractivity contribution in [1.29, 1.82) is 0 Å². The normalized spacial score (nSPS) is 16.2. The molecule has 1 aliphatic rings. The summed E-state index contributed by atoms with van der Waals surface area (Å²) in [7, 11) is 0. The van der Waals surface area contributed by atoms with E-state index in [0.717, 1.165) is 16.9 Å². The van der Waals surface area contributed by atoms with Crippen LogP contribution in [0, 0.1) is 6.92 Å². The van der Waals surface area contributed by atoms with Gasteiger partial charge in [0.05, 0.1) is 12.6 Å². The zero-order valence-corrected chi connectivity index (χ0v) is 13.6. The van der Waals surface area contributed by atoms with E-state index in [1.54, 1.807) is 6.07 Å². The fourth-order valence-corrected chi connectivity index (χ4v) is 2.72. The zero-order chi connectivity index (χ0) is 16.2. The molecule has 1 unspecified atom stereocenters. The lowest BCUT2D eigenvalue weighted by Crippen LogP contribution is -2.35. The van der Waals surface area contributed by atoms with Gasteiger partial charge in [-0.25, -0.2) is 0 Å². The van der Waals surface area contributed by atoms with Crippen molar-refractivity contribution in [2.24, 2.45) is 0 Å². The summed E-state index contributed by atoms with van der Waals surface area (Å²) in [6, 6.07) is 12.9. The van der Waals surface area contributed by atoms with Gasteiger partial charge in [0.25, 0.3) is 5.91 Å². The molecular weight excluding hydrogens is 314 g/mol. The molecule has 1 N–H and O–H groups in total. The first-order valence-electron chi connectivity index (χ1n) is 7.53. The number of rotatable bonds is 4. The van der Waals surface area contributed by atoms with Gasteiger partial charge in [0.1, 0.15) is 11.5 Å². The Morgan fingerprint density at radius 1 is 1.30 bits per heavy atom. The summed E-state index contributed by atoms with van der Waals surface area (Å²) in [5.41, 5.74) is 2.06. The number of hydrogen-bond acceptors (Lipinski definition) is 3. The van der Waals surface area contributed by atoms with Crippen molar-refractivity contribution in [2.75, 3.05) is 13.2 Å². The predicted octanol–water partition coefficient (Wildman–Crippen LogP) is 3.67. The molecule has 1 atom stereocenters. The lowest BCUT2D eigenvalue weighted by molar-refractivity contribution is -0.124. The van der Waals surface area contributed by atoms with E-state index < -0.39 is 0 Å². The van der Waals surface area contributed by atoms with Gasteiger partial charge in [-0.3, -0.25) is 4.79 Å². The molecule has 3 rings (SSSR count). The number of halogens is 1. The molecule has 0 saturated carbocycles. The van der Waals surface area contributed by atoms with Crippen LogP contribution in [0.2, 0.25) is 5.02 Å². The fraction of sp³-hybridized carbons (Fsp3) is 0.278. The molecule has 120 valence electrons. The van der Waals surface area contributed by atoms with Crippen molar-refractivity contribution in [1.82, 2.24) is 5.32 Å². The van der Waals surface area contributed by atoms with Crippen LogP contribution in [0.25, 0.3) is 0 Å². The van der Waals surface area contributed by atoms with Crippen LogP contribution >= 0.6 is 11.6 Å². The summed E-state index contributed by atoms with van der Waals surface area (Å²) < 4.78 is 11.1. The van der Waals surface area contributed by atoms with Crippen LogP contribution in [0.3, 0.4) is 0 Å². The molecule has 0 aliphatic carbocycles. The molecular formula is C18H18ClNO3. The Balaban J connectivity index is 1.60. The molecule has 23 heavy (non-hydrogen) atoms. The van der Waals surface area contributed by atoms with Crippen molar-refractivity contribution in [3.05, 3.63) is 58.6 Å². The zero-order valence-electron chi connectivity index (χ0n) is 12.8. The maximum Gasteiger partial charge on any atom is 0.258 e. The van der Waals surface area contributed by atoms with Gasteiger partial charge in [-0.15, -0.1) is 0 Å². The summed E-state index contributed by atoms with van der Waals surface area (Å²) in [5.74, 6) is 1.29. The van der Waals surface area contributed by atoms with E-state index in [1.165, 1.54) is 0 Å². The highest BCUT2D eigenvalue weighted by Gasteiger charge is 2.23. The lowest BCUT2D eigenvalue weighted by Gasteiger charge is -2.26. The van der Waals surface area contributed by atoms with E-state index in [4.69, 9.17) is 21.1 Å². The van der Waals surface area contributed by atoms with Gasteiger partial charge in [-0.05, 0) is 37.3 Å². The Kier molecular flexibility index (Phi) is 4.72. The Hall–Kier alpha value is -2.20. The van der Waals surface area contributed by atoms with Gasteiger partial charge in [0.15, 0.2) is 6.61 Å². The summed E-state index contributed by atoms with van der Waals surface area (Å²) >= 11 is 6.04. The number of benzene rings is 2. The minimum absolute atomic E-state index is 0.0175. The van der Waals surface area contributed by atoms with E-state index in [1.807, 2.05) is 43.3 Å². The molecule has 5 heteroatoms. The third kappa shape index (κ3) is 3.96. The largest absolute Gasteiger partial charge is 0.493 e. The van der Waals surface area contributed by atoms with Crippen LogP contribution in [0.4, 0.5) is 0 Å².